The van der Waals surface area contributed by atoms with E-state index in [0.29, 0.717) is 30.2 Å². The van der Waals surface area contributed by atoms with Crippen LogP contribution in [-0.2, 0) is 11.3 Å². The zero-order valence-electron chi connectivity index (χ0n) is 9.55. The number of rotatable bonds is 6. The molecule has 0 fully saturated rings. The molecule has 94 valence electrons. The van der Waals surface area contributed by atoms with Crippen LogP contribution in [0.1, 0.15) is 28.3 Å². The van der Waals surface area contributed by atoms with E-state index in [1.807, 2.05) is 0 Å². The van der Waals surface area contributed by atoms with Crippen LogP contribution >= 0.6 is 11.3 Å². The Morgan fingerprint density at radius 3 is 2.82 bits per heavy atom. The summed E-state index contributed by atoms with van der Waals surface area (Å²) in [7, 11) is 1.63. The molecule has 0 aliphatic rings. The fourth-order valence-electron chi connectivity index (χ4n) is 1.27. The molecule has 1 amide bonds. The highest BCUT2D eigenvalue weighted by atomic mass is 32.1. The molecule has 7 heteroatoms. The molecule has 0 spiro atoms. The lowest BCUT2D eigenvalue weighted by molar-refractivity contribution is -0.137. The minimum absolute atomic E-state index is 0.0583. The zero-order chi connectivity index (χ0) is 12.8. The van der Waals surface area contributed by atoms with Gasteiger partial charge in [-0.1, -0.05) is 0 Å². The van der Waals surface area contributed by atoms with Crippen molar-refractivity contribution in [3.05, 3.63) is 16.1 Å². The minimum atomic E-state index is -0.857. The summed E-state index contributed by atoms with van der Waals surface area (Å²) in [5.74, 6) is -1.06. The Hall–Kier alpha value is -1.47. The number of carboxylic acid groups (broad SMARTS) is 1. The quantitative estimate of drug-likeness (QED) is 0.775. The van der Waals surface area contributed by atoms with Gasteiger partial charge in [-0.15, -0.1) is 11.3 Å². The number of carbonyl (C=O) groups is 2. The molecular formula is C10H15N3O3S. The van der Waals surface area contributed by atoms with Crippen molar-refractivity contribution >= 4 is 23.2 Å². The number of carboxylic acids is 1. The predicted molar refractivity (Wildman–Crippen MR) is 63.8 cm³/mol. The molecule has 0 aliphatic carbocycles. The number of nitrogens with zero attached hydrogens (tertiary/aromatic N) is 2. The molecular weight excluding hydrogens is 242 g/mol. The lowest BCUT2D eigenvalue weighted by Gasteiger charge is -2.14. The molecule has 6 nitrogen and oxygen atoms in total. The van der Waals surface area contributed by atoms with Crippen molar-refractivity contribution < 1.29 is 14.7 Å². The molecule has 0 saturated carbocycles. The van der Waals surface area contributed by atoms with Crippen LogP contribution in [0.3, 0.4) is 0 Å². The third-order valence-electron chi connectivity index (χ3n) is 2.18. The fourth-order valence-corrected chi connectivity index (χ4v) is 1.92. The highest BCUT2D eigenvalue weighted by Crippen LogP contribution is 2.11. The van der Waals surface area contributed by atoms with Gasteiger partial charge in [-0.2, -0.15) is 0 Å². The monoisotopic (exact) mass is 257 g/mol. The molecule has 1 rings (SSSR count). The van der Waals surface area contributed by atoms with Crippen LogP contribution in [0.4, 0.5) is 0 Å². The Morgan fingerprint density at radius 2 is 2.29 bits per heavy atom. The second kappa shape index (κ2) is 6.31. The standard InChI is InChI=1S/C10H15N3O3S/c1-13(4-2-3-9(14)15)10(16)7-6-17-8(5-11)12-7/h6H,2-5,11H2,1H3,(H,14,15). The van der Waals surface area contributed by atoms with Crippen LogP contribution in [0.5, 0.6) is 0 Å². The van der Waals surface area contributed by atoms with E-state index < -0.39 is 5.97 Å². The minimum Gasteiger partial charge on any atom is -0.481 e. The number of nitrogens with two attached hydrogens (primary N) is 1. The summed E-state index contributed by atoms with van der Waals surface area (Å²) < 4.78 is 0. The van der Waals surface area contributed by atoms with Crippen molar-refractivity contribution in [1.82, 2.24) is 9.88 Å². The van der Waals surface area contributed by atoms with Crippen molar-refractivity contribution in [2.75, 3.05) is 13.6 Å². The molecule has 17 heavy (non-hydrogen) atoms. The van der Waals surface area contributed by atoms with Crippen molar-refractivity contribution in [1.29, 1.82) is 0 Å². The summed E-state index contributed by atoms with van der Waals surface area (Å²) in [4.78, 5) is 27.7. The van der Waals surface area contributed by atoms with Crippen LogP contribution in [0.2, 0.25) is 0 Å². The smallest absolute Gasteiger partial charge is 0.303 e. The molecule has 0 atom stereocenters. The Labute approximate surface area is 103 Å². The molecule has 0 aromatic carbocycles. The van der Waals surface area contributed by atoms with E-state index in [9.17, 15) is 9.59 Å². The van der Waals surface area contributed by atoms with Gasteiger partial charge in [0, 0.05) is 31.9 Å². The second-order valence-corrected chi connectivity index (χ2v) is 4.50. The number of hydrogen-bond donors (Lipinski definition) is 2. The first-order valence-corrected chi connectivity index (χ1v) is 6.04. The van der Waals surface area contributed by atoms with Gasteiger partial charge in [-0.3, -0.25) is 9.59 Å². The first-order chi connectivity index (χ1) is 8.04. The number of carbonyl (C=O) groups excluding carboxylic acids is 1. The molecule has 0 aliphatic heterocycles. The summed E-state index contributed by atoms with van der Waals surface area (Å²) in [6, 6.07) is 0. The fraction of sp³-hybridized carbons (Fsp3) is 0.500. The average Bonchev–Trinajstić information content (AvgIpc) is 2.75. The van der Waals surface area contributed by atoms with Crippen LogP contribution in [0.25, 0.3) is 0 Å². The van der Waals surface area contributed by atoms with E-state index >= 15 is 0 Å². The Kier molecular flexibility index (Phi) is 5.05. The van der Waals surface area contributed by atoms with E-state index in [1.165, 1.54) is 16.2 Å². The van der Waals surface area contributed by atoms with Crippen molar-refractivity contribution in [2.24, 2.45) is 5.73 Å². The molecule has 1 aromatic heterocycles. The van der Waals surface area contributed by atoms with Gasteiger partial charge < -0.3 is 15.7 Å². The third kappa shape index (κ3) is 4.12. The maximum Gasteiger partial charge on any atom is 0.303 e. The highest BCUT2D eigenvalue weighted by Gasteiger charge is 2.15. The Morgan fingerprint density at radius 1 is 1.59 bits per heavy atom. The summed E-state index contributed by atoms with van der Waals surface area (Å²) >= 11 is 1.35. The lowest BCUT2D eigenvalue weighted by atomic mass is 10.3. The van der Waals surface area contributed by atoms with Gasteiger partial charge in [0.15, 0.2) is 0 Å². The van der Waals surface area contributed by atoms with Crippen molar-refractivity contribution in [2.45, 2.75) is 19.4 Å². The first kappa shape index (κ1) is 13.6. The summed E-state index contributed by atoms with van der Waals surface area (Å²) in [5, 5.41) is 10.9. The van der Waals surface area contributed by atoms with Gasteiger partial charge in [0.05, 0.1) is 0 Å². The molecule has 1 heterocycles. The SMILES string of the molecule is CN(CCCC(=O)O)C(=O)c1csc(CN)n1. The second-order valence-electron chi connectivity index (χ2n) is 3.55. The van der Waals surface area contributed by atoms with Gasteiger partial charge in [-0.05, 0) is 6.42 Å². The van der Waals surface area contributed by atoms with Gasteiger partial charge in [0.25, 0.3) is 5.91 Å². The predicted octanol–water partition coefficient (Wildman–Crippen LogP) is 0.539. The zero-order valence-corrected chi connectivity index (χ0v) is 10.4. The van der Waals surface area contributed by atoms with E-state index in [0.717, 1.165) is 0 Å². The molecule has 0 unspecified atom stereocenters. The normalized spacial score (nSPS) is 10.2. The summed E-state index contributed by atoms with van der Waals surface area (Å²) in [6.07, 6.45) is 0.494. The maximum atomic E-state index is 11.8. The van der Waals surface area contributed by atoms with Gasteiger partial charge in [-0.25, -0.2) is 4.98 Å². The number of aliphatic carboxylic acids is 1. The van der Waals surface area contributed by atoms with Crippen molar-refractivity contribution in [3.8, 4) is 0 Å². The average molecular weight is 257 g/mol. The number of thiazole rings is 1. The Balaban J connectivity index is 2.48. The van der Waals surface area contributed by atoms with E-state index in [1.54, 1.807) is 12.4 Å². The highest BCUT2D eigenvalue weighted by molar-refractivity contribution is 7.09. The third-order valence-corrected chi connectivity index (χ3v) is 3.05. The van der Waals surface area contributed by atoms with Crippen LogP contribution in [0, 0.1) is 0 Å². The largest absolute Gasteiger partial charge is 0.481 e. The lowest BCUT2D eigenvalue weighted by Crippen LogP contribution is -2.28. The molecule has 0 bridgehead atoms. The Bertz CT molecular complexity index is 405. The van der Waals surface area contributed by atoms with Crippen LogP contribution in [0.15, 0.2) is 5.38 Å². The van der Waals surface area contributed by atoms with E-state index in [2.05, 4.69) is 4.98 Å². The molecule has 0 radical (unpaired) electrons. The number of amides is 1. The number of hydrogen-bond acceptors (Lipinski definition) is 5. The summed E-state index contributed by atoms with van der Waals surface area (Å²) in [5.41, 5.74) is 5.78. The van der Waals surface area contributed by atoms with E-state index in [4.69, 9.17) is 10.8 Å². The molecule has 1 aromatic rings. The van der Waals surface area contributed by atoms with Crippen LogP contribution in [-0.4, -0.2) is 40.5 Å². The first-order valence-electron chi connectivity index (χ1n) is 5.16. The molecule has 3 N–H and O–H groups in total. The van der Waals surface area contributed by atoms with Gasteiger partial charge in [0.1, 0.15) is 10.7 Å². The maximum absolute atomic E-state index is 11.8. The molecule has 0 saturated heterocycles. The number of aromatic nitrogens is 1. The topological polar surface area (TPSA) is 96.5 Å². The van der Waals surface area contributed by atoms with Gasteiger partial charge in [0.2, 0.25) is 0 Å². The van der Waals surface area contributed by atoms with E-state index in [-0.39, 0.29) is 12.3 Å². The van der Waals surface area contributed by atoms with Crippen molar-refractivity contribution in [3.63, 3.8) is 0 Å². The van der Waals surface area contributed by atoms with Gasteiger partial charge >= 0.3 is 5.97 Å². The summed E-state index contributed by atoms with van der Waals surface area (Å²) in [6.45, 7) is 0.724. The van der Waals surface area contributed by atoms with Crippen LogP contribution < -0.4 is 5.73 Å².